The van der Waals surface area contributed by atoms with Crippen LogP contribution in [0.15, 0.2) is 0 Å². The second kappa shape index (κ2) is 4.06. The summed E-state index contributed by atoms with van der Waals surface area (Å²) in [5.74, 6) is 1.96. The maximum atomic E-state index is 11.6. The summed E-state index contributed by atoms with van der Waals surface area (Å²) in [6.45, 7) is 6.93. The Bertz CT molecular complexity index is 520. The van der Waals surface area contributed by atoms with Crippen LogP contribution in [0.25, 0.3) is 0 Å². The Kier molecular flexibility index (Phi) is 2.99. The third-order valence-electron chi connectivity index (χ3n) is 3.00. The van der Waals surface area contributed by atoms with Crippen LogP contribution in [0.3, 0.4) is 0 Å². The molecule has 0 saturated heterocycles. The highest BCUT2D eigenvalue weighted by atomic mass is 32.2. The third-order valence-corrected chi connectivity index (χ3v) is 4.22. The molecule has 1 aliphatic heterocycles. The van der Waals surface area contributed by atoms with Crippen molar-refractivity contribution in [3.8, 4) is 0 Å². The van der Waals surface area contributed by atoms with Gasteiger partial charge in [0.25, 0.3) is 0 Å². The fourth-order valence-corrected chi connectivity index (χ4v) is 3.01. The minimum atomic E-state index is -3.16. The molecule has 1 atom stereocenters. The minimum Gasteiger partial charge on any atom is -0.309 e. The molecule has 2 heterocycles. The van der Waals surface area contributed by atoms with Crippen LogP contribution in [0, 0.1) is 0 Å². The first-order chi connectivity index (χ1) is 7.80. The molecule has 0 bridgehead atoms. The van der Waals surface area contributed by atoms with Crippen LogP contribution in [-0.4, -0.2) is 40.3 Å². The lowest BCUT2D eigenvalue weighted by Crippen LogP contribution is -2.40. The van der Waals surface area contributed by atoms with E-state index in [0.717, 1.165) is 11.6 Å². The molecule has 96 valence electrons. The van der Waals surface area contributed by atoms with Gasteiger partial charge in [-0.05, 0) is 6.92 Å². The molecule has 6 nitrogen and oxygen atoms in total. The van der Waals surface area contributed by atoms with Gasteiger partial charge in [-0.15, -0.1) is 10.2 Å². The zero-order valence-electron chi connectivity index (χ0n) is 10.6. The zero-order valence-corrected chi connectivity index (χ0v) is 11.4. The molecular weight excluding hydrogens is 240 g/mol. The molecule has 0 amide bonds. The van der Waals surface area contributed by atoms with Crippen molar-refractivity contribution < 1.29 is 8.42 Å². The molecule has 1 aromatic heterocycles. The highest BCUT2D eigenvalue weighted by molar-refractivity contribution is 7.88. The maximum absolute atomic E-state index is 11.6. The van der Waals surface area contributed by atoms with E-state index in [-0.39, 0.29) is 6.04 Å². The van der Waals surface area contributed by atoms with Crippen molar-refractivity contribution in [1.82, 2.24) is 19.1 Å². The molecule has 1 aromatic rings. The van der Waals surface area contributed by atoms with Gasteiger partial charge in [-0.25, -0.2) is 8.42 Å². The second-order valence-corrected chi connectivity index (χ2v) is 6.89. The van der Waals surface area contributed by atoms with E-state index in [2.05, 4.69) is 28.6 Å². The van der Waals surface area contributed by atoms with Crippen LogP contribution in [0.1, 0.15) is 44.4 Å². The topological polar surface area (TPSA) is 68.1 Å². The summed E-state index contributed by atoms with van der Waals surface area (Å²) in [6.07, 6.45) is 1.23. The molecule has 0 aromatic carbocycles. The Balaban J connectivity index is 2.40. The average molecular weight is 258 g/mol. The zero-order chi connectivity index (χ0) is 12.8. The molecule has 0 radical (unpaired) electrons. The quantitative estimate of drug-likeness (QED) is 0.784. The van der Waals surface area contributed by atoms with E-state index in [1.165, 1.54) is 10.6 Å². The van der Waals surface area contributed by atoms with Crippen molar-refractivity contribution in [2.45, 2.75) is 39.3 Å². The summed E-state index contributed by atoms with van der Waals surface area (Å²) in [6, 6.07) is 0.0841. The first-order valence-electron chi connectivity index (χ1n) is 5.69. The number of aromatic nitrogens is 3. The molecule has 0 unspecified atom stereocenters. The van der Waals surface area contributed by atoms with E-state index in [1.807, 2.05) is 6.92 Å². The van der Waals surface area contributed by atoms with Crippen molar-refractivity contribution in [1.29, 1.82) is 0 Å². The molecule has 0 saturated carbocycles. The number of fused-ring (bicyclic) bond motifs is 1. The Morgan fingerprint density at radius 1 is 1.35 bits per heavy atom. The van der Waals surface area contributed by atoms with E-state index < -0.39 is 10.0 Å². The normalized spacial score (nSPS) is 21.8. The van der Waals surface area contributed by atoms with Crippen molar-refractivity contribution in [2.75, 3.05) is 12.8 Å². The van der Waals surface area contributed by atoms with Gasteiger partial charge in [0.1, 0.15) is 11.6 Å². The Morgan fingerprint density at radius 2 is 2.00 bits per heavy atom. The second-order valence-electron chi connectivity index (χ2n) is 4.90. The predicted molar refractivity (Wildman–Crippen MR) is 64.1 cm³/mol. The summed E-state index contributed by atoms with van der Waals surface area (Å²) >= 11 is 0. The fourth-order valence-electron chi connectivity index (χ4n) is 2.17. The van der Waals surface area contributed by atoms with E-state index in [9.17, 15) is 8.42 Å². The number of nitrogens with zero attached hydrogens (tertiary/aromatic N) is 4. The Labute approximate surface area is 102 Å². The van der Waals surface area contributed by atoms with Gasteiger partial charge < -0.3 is 4.57 Å². The van der Waals surface area contributed by atoms with Crippen LogP contribution >= 0.6 is 0 Å². The summed E-state index contributed by atoms with van der Waals surface area (Å²) in [7, 11) is -3.16. The van der Waals surface area contributed by atoms with Crippen molar-refractivity contribution in [3.05, 3.63) is 11.6 Å². The first kappa shape index (κ1) is 12.5. The molecule has 0 fully saturated rings. The highest BCUT2D eigenvalue weighted by Gasteiger charge is 2.31. The molecule has 7 heteroatoms. The number of hydrogen-bond acceptors (Lipinski definition) is 4. The SMILES string of the molecule is CC(C)c1nnc2n1[C@@H](C)CN(S(C)(=O)=O)C2. The molecule has 0 spiro atoms. The minimum absolute atomic E-state index is 0.0841. The first-order valence-corrected chi connectivity index (χ1v) is 7.54. The molecular formula is C10H18N4O2S. The Morgan fingerprint density at radius 3 is 2.53 bits per heavy atom. The average Bonchev–Trinajstić information content (AvgIpc) is 2.60. The number of hydrogen-bond donors (Lipinski definition) is 0. The Hall–Kier alpha value is -0.950. The van der Waals surface area contributed by atoms with Gasteiger partial charge in [-0.2, -0.15) is 4.31 Å². The van der Waals surface area contributed by atoms with Gasteiger partial charge in [0.15, 0.2) is 0 Å². The van der Waals surface area contributed by atoms with Gasteiger partial charge in [0.2, 0.25) is 10.0 Å². The van der Waals surface area contributed by atoms with Crippen molar-refractivity contribution >= 4 is 10.0 Å². The van der Waals surface area contributed by atoms with E-state index in [0.29, 0.717) is 19.0 Å². The maximum Gasteiger partial charge on any atom is 0.211 e. The van der Waals surface area contributed by atoms with Gasteiger partial charge in [0, 0.05) is 18.5 Å². The number of rotatable bonds is 2. The third kappa shape index (κ3) is 2.21. The van der Waals surface area contributed by atoms with Gasteiger partial charge >= 0.3 is 0 Å². The van der Waals surface area contributed by atoms with E-state index in [4.69, 9.17) is 0 Å². The van der Waals surface area contributed by atoms with Crippen molar-refractivity contribution in [2.24, 2.45) is 0 Å². The monoisotopic (exact) mass is 258 g/mol. The fraction of sp³-hybridized carbons (Fsp3) is 0.800. The molecule has 0 N–H and O–H groups in total. The predicted octanol–water partition coefficient (Wildman–Crippen LogP) is 0.738. The van der Waals surface area contributed by atoms with E-state index >= 15 is 0 Å². The van der Waals surface area contributed by atoms with Crippen LogP contribution in [0.2, 0.25) is 0 Å². The molecule has 17 heavy (non-hydrogen) atoms. The molecule has 0 aliphatic carbocycles. The van der Waals surface area contributed by atoms with Crippen LogP contribution < -0.4 is 0 Å². The summed E-state index contributed by atoms with van der Waals surface area (Å²) < 4.78 is 26.6. The lowest BCUT2D eigenvalue weighted by molar-refractivity contribution is 0.287. The summed E-state index contributed by atoms with van der Waals surface area (Å²) in [5, 5.41) is 8.25. The summed E-state index contributed by atoms with van der Waals surface area (Å²) in [4.78, 5) is 0. The number of sulfonamides is 1. The smallest absolute Gasteiger partial charge is 0.211 e. The van der Waals surface area contributed by atoms with Gasteiger partial charge in [-0.1, -0.05) is 13.8 Å². The van der Waals surface area contributed by atoms with Gasteiger partial charge in [0.05, 0.1) is 12.8 Å². The lowest BCUT2D eigenvalue weighted by atomic mass is 10.1. The van der Waals surface area contributed by atoms with Crippen LogP contribution in [0.5, 0.6) is 0 Å². The van der Waals surface area contributed by atoms with Crippen LogP contribution in [-0.2, 0) is 16.6 Å². The lowest BCUT2D eigenvalue weighted by Gasteiger charge is -2.31. The van der Waals surface area contributed by atoms with Crippen molar-refractivity contribution in [3.63, 3.8) is 0 Å². The van der Waals surface area contributed by atoms with Crippen LogP contribution in [0.4, 0.5) is 0 Å². The highest BCUT2D eigenvalue weighted by Crippen LogP contribution is 2.26. The largest absolute Gasteiger partial charge is 0.309 e. The summed E-state index contributed by atoms with van der Waals surface area (Å²) in [5.41, 5.74) is 0. The molecule has 1 aliphatic rings. The van der Waals surface area contributed by atoms with E-state index in [1.54, 1.807) is 0 Å². The van der Waals surface area contributed by atoms with Gasteiger partial charge in [-0.3, -0.25) is 0 Å². The standard InChI is InChI=1S/C10H18N4O2S/c1-7(2)10-12-11-9-6-13(17(4,15)16)5-8(3)14(9)10/h7-8H,5-6H2,1-4H3/t8-/m0/s1. The molecule has 2 rings (SSSR count).